The molecule has 1 fully saturated rings. The van der Waals surface area contributed by atoms with E-state index in [0.717, 1.165) is 16.8 Å². The van der Waals surface area contributed by atoms with Gasteiger partial charge in [-0.25, -0.2) is 18.1 Å². The Morgan fingerprint density at radius 1 is 1.41 bits per heavy atom. The van der Waals surface area contributed by atoms with Gasteiger partial charge in [-0.2, -0.15) is 10.2 Å². The van der Waals surface area contributed by atoms with Crippen molar-refractivity contribution in [2.75, 3.05) is 18.8 Å². The number of hydrogen-bond donors (Lipinski definition) is 2. The number of nitrogens with zero attached hydrogens (tertiary/aromatic N) is 3. The summed E-state index contributed by atoms with van der Waals surface area (Å²) in [6.45, 7) is 2.29. The lowest BCUT2D eigenvalue weighted by Gasteiger charge is -2.30. The second-order valence-electron chi connectivity index (χ2n) is 6.40. The third kappa shape index (κ3) is 4.61. The average molecular weight is 389 g/mol. The standard InChI is InChI=1S/C18H23N5O3S/c1-2-27(25,26)23-10-6-9-15(13-23)18(24)22-20-12-16-11-19-21-17(16)14-7-4-3-5-8-14/h3-5,7-8,11-12,15H,2,6,9-10,13H2,1H3,(H,19,21)(H,22,24)/b20-12-/t15-/m0/s1. The minimum absolute atomic E-state index is 0.0439. The van der Waals surface area contributed by atoms with Gasteiger partial charge in [0, 0.05) is 24.2 Å². The monoisotopic (exact) mass is 389 g/mol. The smallest absolute Gasteiger partial charge is 0.244 e. The summed E-state index contributed by atoms with van der Waals surface area (Å²) >= 11 is 0. The molecule has 1 aromatic heterocycles. The van der Waals surface area contributed by atoms with Gasteiger partial charge in [-0.15, -0.1) is 0 Å². The van der Waals surface area contributed by atoms with E-state index in [0.29, 0.717) is 19.4 Å². The van der Waals surface area contributed by atoms with Crippen LogP contribution in [-0.2, 0) is 14.8 Å². The van der Waals surface area contributed by atoms with Crippen LogP contribution in [0, 0.1) is 5.92 Å². The van der Waals surface area contributed by atoms with E-state index in [1.807, 2.05) is 30.3 Å². The van der Waals surface area contributed by atoms with E-state index in [2.05, 4.69) is 20.7 Å². The van der Waals surface area contributed by atoms with Crippen molar-refractivity contribution in [2.45, 2.75) is 19.8 Å². The van der Waals surface area contributed by atoms with Crippen LogP contribution in [-0.4, -0.2) is 53.9 Å². The van der Waals surface area contributed by atoms with Crippen LogP contribution in [0.1, 0.15) is 25.3 Å². The van der Waals surface area contributed by atoms with E-state index in [-0.39, 0.29) is 18.2 Å². The Bertz CT molecular complexity index is 908. The molecule has 1 atom stereocenters. The number of amides is 1. The molecule has 1 aliphatic heterocycles. The first-order valence-corrected chi connectivity index (χ1v) is 10.5. The number of carbonyl (C=O) groups excluding carboxylic acids is 1. The number of nitrogens with one attached hydrogen (secondary N) is 2. The van der Waals surface area contributed by atoms with Gasteiger partial charge in [-0.1, -0.05) is 30.3 Å². The fourth-order valence-corrected chi connectivity index (χ4v) is 4.26. The highest BCUT2D eigenvalue weighted by Gasteiger charge is 2.31. The lowest BCUT2D eigenvalue weighted by Crippen LogP contribution is -2.45. The molecule has 0 unspecified atom stereocenters. The molecular formula is C18H23N5O3S. The normalized spacial score (nSPS) is 18.6. The fourth-order valence-electron chi connectivity index (χ4n) is 3.08. The number of benzene rings is 1. The first kappa shape index (κ1) is 19.2. The predicted octanol–water partition coefficient (Wildman–Crippen LogP) is 1.59. The fraction of sp³-hybridized carbons (Fsp3) is 0.389. The van der Waals surface area contributed by atoms with Crippen LogP contribution in [0.4, 0.5) is 0 Å². The highest BCUT2D eigenvalue weighted by atomic mass is 32.2. The van der Waals surface area contributed by atoms with E-state index in [4.69, 9.17) is 0 Å². The highest BCUT2D eigenvalue weighted by Crippen LogP contribution is 2.20. The van der Waals surface area contributed by atoms with Gasteiger partial charge in [0.15, 0.2) is 0 Å². The van der Waals surface area contributed by atoms with Gasteiger partial charge < -0.3 is 0 Å². The lowest BCUT2D eigenvalue weighted by molar-refractivity contribution is -0.126. The van der Waals surface area contributed by atoms with Gasteiger partial charge >= 0.3 is 0 Å². The Labute approximate surface area is 158 Å². The maximum atomic E-state index is 12.4. The Morgan fingerprint density at radius 3 is 2.93 bits per heavy atom. The van der Waals surface area contributed by atoms with Crippen LogP contribution in [0.5, 0.6) is 0 Å². The van der Waals surface area contributed by atoms with Crippen molar-refractivity contribution in [3.8, 4) is 11.3 Å². The van der Waals surface area contributed by atoms with E-state index in [9.17, 15) is 13.2 Å². The molecule has 1 aliphatic rings. The molecule has 144 valence electrons. The molecule has 3 rings (SSSR count). The molecule has 27 heavy (non-hydrogen) atoms. The number of aromatic amines is 1. The van der Waals surface area contributed by atoms with Gasteiger partial charge in [0.05, 0.1) is 29.8 Å². The number of rotatable bonds is 6. The van der Waals surface area contributed by atoms with Crippen LogP contribution >= 0.6 is 0 Å². The van der Waals surface area contributed by atoms with Gasteiger partial charge in [0.25, 0.3) is 0 Å². The van der Waals surface area contributed by atoms with Crippen LogP contribution in [0.2, 0.25) is 0 Å². The number of carbonyl (C=O) groups is 1. The Kier molecular flexibility index (Phi) is 6.02. The zero-order chi connectivity index (χ0) is 19.3. The van der Waals surface area contributed by atoms with Crippen molar-refractivity contribution in [1.82, 2.24) is 19.9 Å². The molecule has 0 bridgehead atoms. The Hall–Kier alpha value is -2.52. The topological polar surface area (TPSA) is 108 Å². The molecule has 0 saturated carbocycles. The first-order valence-electron chi connectivity index (χ1n) is 8.91. The summed E-state index contributed by atoms with van der Waals surface area (Å²) in [6.07, 6.45) is 4.49. The maximum absolute atomic E-state index is 12.4. The maximum Gasteiger partial charge on any atom is 0.244 e. The molecule has 2 aromatic rings. The summed E-state index contributed by atoms with van der Waals surface area (Å²) in [5, 5.41) is 11.0. The van der Waals surface area contributed by atoms with Crippen molar-refractivity contribution >= 4 is 22.1 Å². The molecular weight excluding hydrogens is 366 g/mol. The second-order valence-corrected chi connectivity index (χ2v) is 8.66. The van der Waals surface area contributed by atoms with E-state index >= 15 is 0 Å². The SMILES string of the molecule is CCS(=O)(=O)N1CCC[C@H](C(=O)N/N=C\c2cn[nH]c2-c2ccccc2)C1. The molecule has 0 radical (unpaired) electrons. The quantitative estimate of drug-likeness (QED) is 0.578. The molecule has 1 amide bonds. The number of aromatic nitrogens is 2. The average Bonchev–Trinajstić information content (AvgIpc) is 3.17. The number of H-pyrrole nitrogens is 1. The van der Waals surface area contributed by atoms with Crippen LogP contribution in [0.3, 0.4) is 0 Å². The summed E-state index contributed by atoms with van der Waals surface area (Å²) in [7, 11) is -3.28. The summed E-state index contributed by atoms with van der Waals surface area (Å²) in [4.78, 5) is 12.4. The van der Waals surface area contributed by atoms with Crippen molar-refractivity contribution in [3.05, 3.63) is 42.1 Å². The summed E-state index contributed by atoms with van der Waals surface area (Å²) in [6, 6.07) is 9.69. The second kappa shape index (κ2) is 8.45. The molecule has 8 nitrogen and oxygen atoms in total. The number of hydrogen-bond acceptors (Lipinski definition) is 5. The molecule has 0 spiro atoms. The first-order chi connectivity index (χ1) is 13.0. The number of piperidine rings is 1. The molecule has 2 N–H and O–H groups in total. The molecule has 9 heteroatoms. The van der Waals surface area contributed by atoms with Crippen LogP contribution < -0.4 is 5.43 Å². The third-order valence-electron chi connectivity index (χ3n) is 4.62. The van der Waals surface area contributed by atoms with Crippen molar-refractivity contribution in [2.24, 2.45) is 11.0 Å². The minimum Gasteiger partial charge on any atom is -0.277 e. The number of hydrazone groups is 1. The Balaban J connectivity index is 1.62. The summed E-state index contributed by atoms with van der Waals surface area (Å²) in [5.41, 5.74) is 5.06. The van der Waals surface area contributed by atoms with Crippen LogP contribution in [0.25, 0.3) is 11.3 Å². The van der Waals surface area contributed by atoms with Crippen LogP contribution in [0.15, 0.2) is 41.6 Å². The highest BCUT2D eigenvalue weighted by molar-refractivity contribution is 7.89. The molecule has 2 heterocycles. The third-order valence-corrected chi connectivity index (χ3v) is 6.47. The largest absolute Gasteiger partial charge is 0.277 e. The van der Waals surface area contributed by atoms with E-state index < -0.39 is 15.9 Å². The van der Waals surface area contributed by atoms with Gasteiger partial charge in [0.2, 0.25) is 15.9 Å². The minimum atomic E-state index is -3.28. The van der Waals surface area contributed by atoms with Crippen molar-refractivity contribution in [1.29, 1.82) is 0 Å². The molecule has 1 saturated heterocycles. The summed E-state index contributed by atoms with van der Waals surface area (Å²) in [5.74, 6) is -0.621. The van der Waals surface area contributed by atoms with E-state index in [1.165, 1.54) is 10.5 Å². The zero-order valence-corrected chi connectivity index (χ0v) is 15.9. The molecule has 0 aliphatic carbocycles. The molecule has 1 aromatic carbocycles. The van der Waals surface area contributed by atoms with Crippen molar-refractivity contribution in [3.63, 3.8) is 0 Å². The van der Waals surface area contributed by atoms with Gasteiger partial charge in [0.1, 0.15) is 0 Å². The van der Waals surface area contributed by atoms with Crippen molar-refractivity contribution < 1.29 is 13.2 Å². The summed E-state index contributed by atoms with van der Waals surface area (Å²) < 4.78 is 25.4. The van der Waals surface area contributed by atoms with Gasteiger partial charge in [-0.3, -0.25) is 9.89 Å². The van der Waals surface area contributed by atoms with Gasteiger partial charge in [-0.05, 0) is 19.8 Å². The lowest BCUT2D eigenvalue weighted by atomic mass is 9.99. The predicted molar refractivity (Wildman–Crippen MR) is 104 cm³/mol. The Morgan fingerprint density at radius 2 is 2.19 bits per heavy atom. The van der Waals surface area contributed by atoms with E-state index in [1.54, 1.807) is 13.1 Å². The number of sulfonamides is 1. The zero-order valence-electron chi connectivity index (χ0n) is 15.1.